The molecule has 2 saturated carbocycles. The first-order valence-electron chi connectivity index (χ1n) is 10.8. The summed E-state index contributed by atoms with van der Waals surface area (Å²) in [6.45, 7) is 9.22. The van der Waals surface area contributed by atoms with Crippen molar-refractivity contribution in [2.24, 2.45) is 16.6 Å². The number of guanidine groups is 1. The first kappa shape index (κ1) is 22.5. The Balaban J connectivity index is 2.24. The predicted molar refractivity (Wildman–Crippen MR) is 117 cm³/mol. The van der Waals surface area contributed by atoms with E-state index in [0.717, 1.165) is 56.1 Å². The Kier molecular flexibility index (Phi) is 8.55. The van der Waals surface area contributed by atoms with Crippen LogP contribution in [0.3, 0.4) is 0 Å². The number of aliphatic imine (C=N–C) groups is 1. The molecule has 28 heavy (non-hydrogen) atoms. The number of hydrogen-bond acceptors (Lipinski definition) is 3. The number of carbonyl (C=O) groups is 1. The van der Waals surface area contributed by atoms with Gasteiger partial charge in [0.25, 0.3) is 5.91 Å². The zero-order valence-electron chi connectivity index (χ0n) is 18.2. The minimum atomic E-state index is 0.0406. The summed E-state index contributed by atoms with van der Waals surface area (Å²) in [6, 6.07) is 0.349. The number of amides is 1. The Morgan fingerprint density at radius 2 is 1.82 bits per heavy atom. The highest BCUT2D eigenvalue weighted by Gasteiger charge is 2.31. The highest BCUT2D eigenvalue weighted by atomic mass is 16.2. The molecular weight excluding hydrogens is 350 g/mol. The third kappa shape index (κ3) is 6.36. The van der Waals surface area contributed by atoms with Gasteiger partial charge in [0.05, 0.1) is 0 Å². The molecule has 0 aromatic heterocycles. The first-order chi connectivity index (χ1) is 13.4. The van der Waals surface area contributed by atoms with Gasteiger partial charge in [-0.15, -0.1) is 0 Å². The van der Waals surface area contributed by atoms with Gasteiger partial charge in [-0.2, -0.15) is 4.99 Å². The second kappa shape index (κ2) is 10.6. The lowest BCUT2D eigenvalue weighted by molar-refractivity contribution is -0.128. The lowest BCUT2D eigenvalue weighted by Crippen LogP contribution is -2.45. The van der Waals surface area contributed by atoms with Gasteiger partial charge in [-0.05, 0) is 57.3 Å². The molecule has 0 unspecified atom stereocenters. The molecule has 0 aromatic carbocycles. The molecule has 0 atom stereocenters. The fourth-order valence-corrected chi connectivity index (χ4v) is 3.67. The normalized spacial score (nSPS) is 23.3. The molecule has 0 saturated heterocycles. The molecule has 6 nitrogen and oxygen atoms in total. The van der Waals surface area contributed by atoms with Crippen molar-refractivity contribution in [3.05, 3.63) is 24.0 Å². The smallest absolute Gasteiger partial charge is 0.255 e. The molecule has 6 heteroatoms. The first-order valence-corrected chi connectivity index (χ1v) is 10.8. The van der Waals surface area contributed by atoms with Crippen molar-refractivity contribution in [3.8, 4) is 0 Å². The van der Waals surface area contributed by atoms with E-state index < -0.39 is 0 Å². The van der Waals surface area contributed by atoms with E-state index in [4.69, 9.17) is 10.7 Å². The van der Waals surface area contributed by atoms with E-state index in [0.29, 0.717) is 12.2 Å². The molecule has 0 bridgehead atoms. The zero-order valence-corrected chi connectivity index (χ0v) is 18.2. The average molecular weight is 390 g/mol. The summed E-state index contributed by atoms with van der Waals surface area (Å²) in [5.41, 5.74) is 6.93. The van der Waals surface area contributed by atoms with Crippen molar-refractivity contribution >= 4 is 11.9 Å². The molecule has 3 N–H and O–H groups in total. The van der Waals surface area contributed by atoms with Crippen LogP contribution >= 0.6 is 0 Å². The van der Waals surface area contributed by atoms with Crippen LogP contribution < -0.4 is 11.1 Å². The molecule has 2 aliphatic carbocycles. The Morgan fingerprint density at radius 3 is 2.32 bits per heavy atom. The van der Waals surface area contributed by atoms with Crippen molar-refractivity contribution in [1.29, 1.82) is 0 Å². The van der Waals surface area contributed by atoms with Gasteiger partial charge in [-0.1, -0.05) is 26.5 Å². The van der Waals surface area contributed by atoms with Crippen LogP contribution in [0.2, 0.25) is 0 Å². The number of nitrogens with two attached hydrogens (primary N) is 1. The lowest BCUT2D eigenvalue weighted by atomic mass is 9.90. The largest absolute Gasteiger partial charge is 0.356 e. The summed E-state index contributed by atoms with van der Waals surface area (Å²) in [5, 5.41) is 3.43. The lowest BCUT2D eigenvalue weighted by Gasteiger charge is -2.36. The van der Waals surface area contributed by atoms with Gasteiger partial charge in [-0.25, -0.2) is 0 Å². The number of hydrogen-bond donors (Lipinski definition) is 2. The molecule has 2 fully saturated rings. The molecule has 0 spiro atoms. The van der Waals surface area contributed by atoms with Crippen LogP contribution in [0.1, 0.15) is 65.2 Å². The summed E-state index contributed by atoms with van der Waals surface area (Å²) < 4.78 is 0. The maximum absolute atomic E-state index is 13.4. The fourth-order valence-electron chi connectivity index (χ4n) is 3.67. The highest BCUT2D eigenvalue weighted by molar-refractivity contribution is 5.95. The molecule has 2 rings (SSSR count). The van der Waals surface area contributed by atoms with Crippen LogP contribution in [0, 0.1) is 5.92 Å². The maximum atomic E-state index is 13.4. The van der Waals surface area contributed by atoms with Gasteiger partial charge in [0.15, 0.2) is 5.96 Å². The van der Waals surface area contributed by atoms with Crippen LogP contribution in [-0.2, 0) is 4.79 Å². The van der Waals surface area contributed by atoms with E-state index in [2.05, 4.69) is 18.8 Å². The number of nitrogens with one attached hydrogen (secondary N) is 1. The maximum Gasteiger partial charge on any atom is 0.255 e. The van der Waals surface area contributed by atoms with Crippen molar-refractivity contribution < 1.29 is 4.79 Å². The Bertz CT molecular complexity index is 598. The second-order valence-electron chi connectivity index (χ2n) is 8.31. The number of rotatable bonds is 8. The number of allylic oxidation sites excluding steroid dienone is 1. The van der Waals surface area contributed by atoms with Gasteiger partial charge < -0.3 is 16.0 Å². The van der Waals surface area contributed by atoms with Gasteiger partial charge in [-0.3, -0.25) is 9.69 Å². The molecule has 0 radical (unpaired) electrons. The number of nitrogens with zero attached hydrogens (tertiary/aromatic N) is 3. The monoisotopic (exact) mass is 389 g/mol. The molecule has 1 amide bonds. The molecule has 0 heterocycles. The van der Waals surface area contributed by atoms with Crippen LogP contribution in [0.15, 0.2) is 29.0 Å². The zero-order chi connectivity index (χ0) is 20.7. The summed E-state index contributed by atoms with van der Waals surface area (Å²) in [5.74, 6) is 2.07. The standard InChI is InChI=1S/C22H39N5O/c1-6-8-18(7-2)21(28)27(20-13-11-19(23)12-14-20)16(3)25-22(26(4)5)24-15-17-9-10-17/h8,17,19-20H,3,6-7,9-15,23H2,1-2,4-5H3,(H,24,25)/b18-8+. The Labute approximate surface area is 170 Å². The summed E-state index contributed by atoms with van der Waals surface area (Å²) in [7, 11) is 3.93. The van der Waals surface area contributed by atoms with E-state index in [1.165, 1.54) is 12.8 Å². The summed E-state index contributed by atoms with van der Waals surface area (Å²) in [6.07, 6.45) is 9.82. The van der Waals surface area contributed by atoms with Crippen LogP contribution in [0.25, 0.3) is 0 Å². The van der Waals surface area contributed by atoms with Crippen molar-refractivity contribution in [3.63, 3.8) is 0 Å². The van der Waals surface area contributed by atoms with Crippen LogP contribution in [0.5, 0.6) is 0 Å². The van der Waals surface area contributed by atoms with E-state index in [1.54, 1.807) is 0 Å². The molecule has 158 valence electrons. The number of carbonyl (C=O) groups excluding carboxylic acids is 1. The van der Waals surface area contributed by atoms with Gasteiger partial charge in [0.2, 0.25) is 0 Å². The van der Waals surface area contributed by atoms with E-state index in [9.17, 15) is 4.79 Å². The molecule has 0 aromatic rings. The van der Waals surface area contributed by atoms with Crippen molar-refractivity contribution in [2.75, 3.05) is 20.6 Å². The van der Waals surface area contributed by atoms with Crippen LogP contribution in [-0.4, -0.2) is 54.4 Å². The highest BCUT2D eigenvalue weighted by Crippen LogP contribution is 2.28. The SMILES string of the molecule is C=C(/N=C(/NCC1CC1)N(C)C)N(C(=O)/C(=C/CC)CC)C1CCC(N)CC1. The van der Waals surface area contributed by atoms with E-state index >= 15 is 0 Å². The topological polar surface area (TPSA) is 74.0 Å². The molecule has 2 aliphatic rings. The van der Waals surface area contributed by atoms with E-state index in [-0.39, 0.29) is 18.0 Å². The van der Waals surface area contributed by atoms with Gasteiger partial charge >= 0.3 is 0 Å². The van der Waals surface area contributed by atoms with Crippen molar-refractivity contribution in [2.45, 2.75) is 77.3 Å². The molecular formula is C22H39N5O. The molecule has 0 aliphatic heterocycles. The summed E-state index contributed by atoms with van der Waals surface area (Å²) >= 11 is 0. The minimum absolute atomic E-state index is 0.0406. The van der Waals surface area contributed by atoms with Gasteiger partial charge in [0, 0.05) is 38.3 Å². The summed E-state index contributed by atoms with van der Waals surface area (Å²) in [4.78, 5) is 21.9. The van der Waals surface area contributed by atoms with E-state index in [1.807, 2.05) is 36.9 Å². The second-order valence-corrected chi connectivity index (χ2v) is 8.31. The predicted octanol–water partition coefficient (Wildman–Crippen LogP) is 3.22. The quantitative estimate of drug-likeness (QED) is 0.380. The van der Waals surface area contributed by atoms with Gasteiger partial charge in [0.1, 0.15) is 5.82 Å². The Hall–Kier alpha value is -1.82. The van der Waals surface area contributed by atoms with Crippen molar-refractivity contribution in [1.82, 2.24) is 15.1 Å². The third-order valence-corrected chi connectivity index (χ3v) is 5.61. The average Bonchev–Trinajstić information content (AvgIpc) is 3.49. The fraction of sp³-hybridized carbons (Fsp3) is 0.727. The third-order valence-electron chi connectivity index (χ3n) is 5.61. The minimum Gasteiger partial charge on any atom is -0.356 e. The van der Waals surface area contributed by atoms with Crippen LogP contribution in [0.4, 0.5) is 0 Å². The Morgan fingerprint density at radius 1 is 1.18 bits per heavy atom.